The predicted molar refractivity (Wildman–Crippen MR) is 69.8 cm³/mol. The van der Waals surface area contributed by atoms with Crippen LogP contribution in [0.2, 0.25) is 32.7 Å². The van der Waals surface area contributed by atoms with E-state index in [1.807, 2.05) is 0 Å². The fourth-order valence-corrected chi connectivity index (χ4v) is 6.64. The van der Waals surface area contributed by atoms with Crippen molar-refractivity contribution < 1.29 is 8.78 Å². The summed E-state index contributed by atoms with van der Waals surface area (Å²) in [7, 11) is -2.59. The highest BCUT2D eigenvalue weighted by Crippen LogP contribution is 2.22. The second kappa shape index (κ2) is 4.47. The van der Waals surface area contributed by atoms with Gasteiger partial charge in [0, 0.05) is 18.2 Å². The normalized spacial score (nSPS) is 12.5. The van der Waals surface area contributed by atoms with Gasteiger partial charge in [-0.15, -0.1) is 11.3 Å². The second-order valence-electron chi connectivity index (χ2n) is 5.33. The molecule has 0 aliphatic heterocycles. The number of hydrogen-bond donors (Lipinski definition) is 0. The van der Waals surface area contributed by atoms with Gasteiger partial charge in [0.15, 0.2) is 11.6 Å². The molecule has 0 aromatic carbocycles. The van der Waals surface area contributed by atoms with Gasteiger partial charge in [-0.1, -0.05) is 32.7 Å². The maximum absolute atomic E-state index is 13.7. The van der Waals surface area contributed by atoms with Crippen molar-refractivity contribution in [2.45, 2.75) is 38.8 Å². The Labute approximate surface area is 97.0 Å². The van der Waals surface area contributed by atoms with Gasteiger partial charge in [0.2, 0.25) is 0 Å². The third-order valence-electron chi connectivity index (χ3n) is 2.14. The molecule has 0 radical (unpaired) electrons. The molecular formula is C10H18F2SSi2. The van der Waals surface area contributed by atoms with Gasteiger partial charge in [0.1, 0.15) is 0 Å². The van der Waals surface area contributed by atoms with Crippen LogP contribution in [-0.4, -0.2) is 16.9 Å². The second-order valence-corrected chi connectivity index (χ2v) is 15.0. The van der Waals surface area contributed by atoms with E-state index in [4.69, 9.17) is 0 Å². The first kappa shape index (κ1) is 13.1. The van der Waals surface area contributed by atoms with Crippen molar-refractivity contribution in [3.05, 3.63) is 16.5 Å². The molecule has 0 unspecified atom stereocenters. The molecular weight excluding hydrogens is 246 g/mol. The molecule has 0 bridgehead atoms. The Hall–Kier alpha value is -0.00623. The average molecular weight is 264 g/mol. The van der Waals surface area contributed by atoms with E-state index in [2.05, 4.69) is 32.7 Å². The Morgan fingerprint density at radius 2 is 1.67 bits per heavy atom. The molecule has 0 aliphatic carbocycles. The summed E-state index contributed by atoms with van der Waals surface area (Å²) in [6.45, 7) is 10.5. The summed E-state index contributed by atoms with van der Waals surface area (Å²) in [5.74, 6) is -1.14. The van der Waals surface area contributed by atoms with Gasteiger partial charge in [-0.25, -0.2) is 8.78 Å². The van der Waals surface area contributed by atoms with Crippen LogP contribution in [0.15, 0.2) is 0 Å². The first-order chi connectivity index (χ1) is 6.73. The van der Waals surface area contributed by atoms with E-state index in [9.17, 15) is 8.78 Å². The highest BCUT2D eigenvalue weighted by Gasteiger charge is 2.28. The summed E-state index contributed by atoms with van der Waals surface area (Å²) in [4.78, 5) is 0.645. The van der Waals surface area contributed by atoms with E-state index in [0.717, 1.165) is 6.04 Å². The number of thiophene rings is 1. The van der Waals surface area contributed by atoms with Gasteiger partial charge in [0.05, 0.1) is 8.07 Å². The summed E-state index contributed by atoms with van der Waals surface area (Å²) < 4.78 is 27.9. The van der Waals surface area contributed by atoms with Crippen LogP contribution in [0.4, 0.5) is 8.78 Å². The zero-order chi connectivity index (χ0) is 11.8. The molecule has 0 saturated carbocycles. The van der Waals surface area contributed by atoms with Gasteiger partial charge in [-0.3, -0.25) is 0 Å². The third-order valence-corrected chi connectivity index (χ3v) is 8.36. The van der Waals surface area contributed by atoms with Crippen molar-refractivity contribution in [1.82, 2.24) is 0 Å². The van der Waals surface area contributed by atoms with E-state index < -0.39 is 28.5 Å². The molecule has 0 amide bonds. The minimum atomic E-state index is -1.72. The molecule has 86 valence electrons. The van der Waals surface area contributed by atoms with Crippen LogP contribution in [0.3, 0.4) is 0 Å². The quantitative estimate of drug-likeness (QED) is 0.736. The summed E-state index contributed by atoms with van der Waals surface area (Å²) in [5.41, 5.74) is 0. The minimum Gasteiger partial charge on any atom is -0.203 e. The summed E-state index contributed by atoms with van der Waals surface area (Å²) >= 11 is 1.37. The molecule has 0 spiro atoms. The molecule has 0 nitrogen and oxygen atoms in total. The van der Waals surface area contributed by atoms with Crippen LogP contribution in [0.1, 0.15) is 4.88 Å². The Morgan fingerprint density at radius 1 is 1.13 bits per heavy atom. The van der Waals surface area contributed by atoms with Crippen LogP contribution in [-0.2, 0) is 6.04 Å². The van der Waals surface area contributed by atoms with Crippen molar-refractivity contribution in [3.63, 3.8) is 0 Å². The van der Waals surface area contributed by atoms with E-state index in [0.29, 0.717) is 9.38 Å². The van der Waals surface area contributed by atoms with Crippen molar-refractivity contribution >= 4 is 32.7 Å². The molecule has 0 fully saturated rings. The molecule has 5 heteroatoms. The first-order valence-electron chi connectivity index (χ1n) is 5.20. The maximum atomic E-state index is 13.7. The molecule has 1 aromatic rings. The zero-order valence-corrected chi connectivity index (χ0v) is 12.9. The van der Waals surface area contributed by atoms with Gasteiger partial charge in [-0.2, -0.15) is 0 Å². The number of halogens is 2. The van der Waals surface area contributed by atoms with Crippen molar-refractivity contribution in [3.8, 4) is 0 Å². The zero-order valence-electron chi connectivity index (χ0n) is 9.95. The fraction of sp³-hybridized carbons (Fsp3) is 0.600. The molecule has 1 heterocycles. The minimum absolute atomic E-state index is 0.566. The van der Waals surface area contributed by atoms with Crippen molar-refractivity contribution in [2.75, 3.05) is 0 Å². The van der Waals surface area contributed by atoms with E-state index in [1.54, 1.807) is 0 Å². The molecule has 0 saturated heterocycles. The smallest absolute Gasteiger partial charge is 0.172 e. The van der Waals surface area contributed by atoms with Crippen LogP contribution >= 0.6 is 11.3 Å². The first-order valence-corrected chi connectivity index (χ1v) is 12.6. The van der Waals surface area contributed by atoms with Crippen LogP contribution in [0.25, 0.3) is 0 Å². The van der Waals surface area contributed by atoms with Crippen molar-refractivity contribution in [1.29, 1.82) is 0 Å². The molecule has 15 heavy (non-hydrogen) atoms. The monoisotopic (exact) mass is 264 g/mol. The maximum Gasteiger partial charge on any atom is 0.172 e. The predicted octanol–water partition coefficient (Wildman–Crippen LogP) is 3.14. The molecule has 0 aliphatic rings. The lowest BCUT2D eigenvalue weighted by Gasteiger charge is -2.12. The van der Waals surface area contributed by atoms with Crippen LogP contribution in [0.5, 0.6) is 0 Å². The van der Waals surface area contributed by atoms with Crippen LogP contribution in [0, 0.1) is 11.6 Å². The van der Waals surface area contributed by atoms with Gasteiger partial charge < -0.3 is 0 Å². The Kier molecular flexibility index (Phi) is 3.89. The summed E-state index contributed by atoms with van der Waals surface area (Å²) in [6, 6.07) is 0.776. The lowest BCUT2D eigenvalue weighted by Crippen LogP contribution is -2.37. The van der Waals surface area contributed by atoms with Gasteiger partial charge in [0.25, 0.3) is 0 Å². The fourth-order valence-electron chi connectivity index (χ4n) is 1.42. The summed E-state index contributed by atoms with van der Waals surface area (Å²) in [5, 5.41) is 0. The SMILES string of the molecule is C[SiH](C)Cc1sc([Si](C)(C)C)c(F)c1F. The lowest BCUT2D eigenvalue weighted by atomic mass is 10.5. The standard InChI is InChI=1S/C10H18F2SSi2/c1-14(2)6-7-8(11)9(12)10(13-7)15(3,4)5/h14H,6H2,1-5H3. The van der Waals surface area contributed by atoms with Gasteiger partial charge in [-0.05, 0) is 6.04 Å². The Balaban J connectivity index is 3.13. The number of rotatable bonds is 3. The van der Waals surface area contributed by atoms with Gasteiger partial charge >= 0.3 is 0 Å². The van der Waals surface area contributed by atoms with Crippen LogP contribution < -0.4 is 4.50 Å². The lowest BCUT2D eigenvalue weighted by molar-refractivity contribution is 0.515. The van der Waals surface area contributed by atoms with E-state index in [1.165, 1.54) is 11.3 Å². The molecule has 1 rings (SSSR count). The Bertz CT molecular complexity index is 353. The van der Waals surface area contributed by atoms with E-state index in [-0.39, 0.29) is 0 Å². The molecule has 1 aromatic heterocycles. The highest BCUT2D eigenvalue weighted by molar-refractivity contribution is 7.26. The topological polar surface area (TPSA) is 0 Å². The largest absolute Gasteiger partial charge is 0.203 e. The van der Waals surface area contributed by atoms with Crippen molar-refractivity contribution in [2.24, 2.45) is 0 Å². The Morgan fingerprint density at radius 3 is 2.00 bits per heavy atom. The molecule has 0 atom stereocenters. The highest BCUT2D eigenvalue weighted by atomic mass is 32.1. The average Bonchev–Trinajstić information content (AvgIpc) is 2.30. The van der Waals surface area contributed by atoms with E-state index >= 15 is 0 Å². The summed E-state index contributed by atoms with van der Waals surface area (Å²) in [6.07, 6.45) is 0. The number of hydrogen-bond acceptors (Lipinski definition) is 1. The third kappa shape index (κ3) is 2.98. The molecule has 0 N–H and O–H groups in total.